The van der Waals surface area contributed by atoms with Gasteiger partial charge in [0.1, 0.15) is 5.15 Å². The second-order valence-electron chi connectivity index (χ2n) is 5.33. The molecule has 1 aromatic rings. The van der Waals surface area contributed by atoms with Crippen LogP contribution in [0.1, 0.15) is 36.5 Å². The Balaban J connectivity index is 1.91. The number of carbonyl (C=O) groups is 1. The summed E-state index contributed by atoms with van der Waals surface area (Å²) in [6, 6.07) is 1.58. The number of pyridine rings is 1. The van der Waals surface area contributed by atoms with Crippen LogP contribution in [0.15, 0.2) is 12.3 Å². The molecule has 1 amide bonds. The van der Waals surface area contributed by atoms with Crippen molar-refractivity contribution < 1.29 is 4.79 Å². The molecule has 0 aliphatic carbocycles. The van der Waals surface area contributed by atoms with Gasteiger partial charge in [-0.15, -0.1) is 0 Å². The van der Waals surface area contributed by atoms with Crippen LogP contribution in [-0.4, -0.2) is 41.5 Å². The highest BCUT2D eigenvalue weighted by atomic mass is 35.5. The van der Waals surface area contributed by atoms with E-state index >= 15 is 0 Å². The molecule has 0 spiro atoms. The highest BCUT2D eigenvalue weighted by molar-refractivity contribution is 6.29. The van der Waals surface area contributed by atoms with Crippen LogP contribution >= 0.6 is 11.6 Å². The van der Waals surface area contributed by atoms with Crippen LogP contribution in [0, 0.1) is 0 Å². The fourth-order valence-electron chi connectivity index (χ4n) is 2.51. The van der Waals surface area contributed by atoms with Crippen molar-refractivity contribution in [2.45, 2.75) is 32.2 Å². The summed E-state index contributed by atoms with van der Waals surface area (Å²) in [4.78, 5) is 18.4. The van der Waals surface area contributed by atoms with Crippen LogP contribution in [-0.2, 0) is 0 Å². The highest BCUT2D eigenvalue weighted by Crippen LogP contribution is 2.15. The first-order chi connectivity index (χ1) is 9.56. The number of nitrogens with one attached hydrogen (secondary N) is 1. The summed E-state index contributed by atoms with van der Waals surface area (Å²) in [5.74, 6) is -0.198. The fraction of sp³-hybridized carbons (Fsp3) is 0.571. The van der Waals surface area contributed by atoms with E-state index in [-0.39, 0.29) is 17.1 Å². The third-order valence-corrected chi connectivity index (χ3v) is 3.71. The Labute approximate surface area is 124 Å². The van der Waals surface area contributed by atoms with Crippen LogP contribution in [0.4, 0.5) is 5.69 Å². The topological polar surface area (TPSA) is 71.2 Å². The third kappa shape index (κ3) is 4.08. The number of rotatable bonds is 4. The summed E-state index contributed by atoms with van der Waals surface area (Å²) in [7, 11) is 0. The lowest BCUT2D eigenvalue weighted by atomic mass is 10.1. The molecular weight excluding hydrogens is 276 g/mol. The van der Waals surface area contributed by atoms with Crippen LogP contribution in [0.3, 0.4) is 0 Å². The van der Waals surface area contributed by atoms with E-state index in [4.69, 9.17) is 17.3 Å². The Hall–Kier alpha value is -1.33. The maximum atomic E-state index is 12.2. The van der Waals surface area contributed by atoms with Gasteiger partial charge < -0.3 is 16.0 Å². The van der Waals surface area contributed by atoms with Gasteiger partial charge in [0.05, 0.1) is 17.4 Å². The molecule has 0 bridgehead atoms. The van der Waals surface area contributed by atoms with Gasteiger partial charge in [-0.2, -0.15) is 0 Å². The Morgan fingerprint density at radius 3 is 2.90 bits per heavy atom. The van der Waals surface area contributed by atoms with Crippen LogP contribution < -0.4 is 11.1 Å². The van der Waals surface area contributed by atoms with Gasteiger partial charge in [0.15, 0.2) is 0 Å². The lowest BCUT2D eigenvalue weighted by Gasteiger charge is -2.29. The van der Waals surface area contributed by atoms with E-state index in [0.29, 0.717) is 11.3 Å². The minimum absolute atomic E-state index is 0.0759. The Kier molecular flexibility index (Phi) is 5.20. The molecular formula is C14H21ClN4O. The van der Waals surface area contributed by atoms with Crippen molar-refractivity contribution in [1.29, 1.82) is 0 Å². The Morgan fingerprint density at radius 1 is 1.50 bits per heavy atom. The number of piperidine rings is 1. The second kappa shape index (κ2) is 6.90. The average Bonchev–Trinajstić information content (AvgIpc) is 2.42. The smallest absolute Gasteiger partial charge is 0.253 e. The molecule has 1 unspecified atom stereocenters. The minimum atomic E-state index is -0.198. The van der Waals surface area contributed by atoms with Crippen molar-refractivity contribution in [3.8, 4) is 0 Å². The van der Waals surface area contributed by atoms with Crippen LogP contribution in [0.5, 0.6) is 0 Å². The number of nitrogen functional groups attached to an aromatic ring is 1. The molecule has 1 fully saturated rings. The first-order valence-corrected chi connectivity index (χ1v) is 7.38. The van der Waals surface area contributed by atoms with Crippen molar-refractivity contribution in [3.63, 3.8) is 0 Å². The molecule has 3 N–H and O–H groups in total. The van der Waals surface area contributed by atoms with E-state index in [9.17, 15) is 4.79 Å². The van der Waals surface area contributed by atoms with Gasteiger partial charge in [0, 0.05) is 12.6 Å². The predicted octanol–water partition coefficient (Wildman–Crippen LogP) is 1.92. The zero-order chi connectivity index (χ0) is 14.5. The molecule has 0 radical (unpaired) electrons. The maximum absolute atomic E-state index is 12.2. The van der Waals surface area contributed by atoms with E-state index in [1.54, 1.807) is 0 Å². The summed E-state index contributed by atoms with van der Waals surface area (Å²) >= 11 is 5.80. The number of likely N-dealkylation sites (tertiary alicyclic amines) is 1. The zero-order valence-corrected chi connectivity index (χ0v) is 12.5. The number of hydrogen-bond donors (Lipinski definition) is 2. The number of hydrogen-bond acceptors (Lipinski definition) is 4. The molecule has 2 rings (SSSR count). The van der Waals surface area contributed by atoms with Gasteiger partial charge in [-0.3, -0.25) is 4.79 Å². The van der Waals surface area contributed by atoms with Gasteiger partial charge in [-0.25, -0.2) is 4.98 Å². The molecule has 1 atom stereocenters. The second-order valence-corrected chi connectivity index (χ2v) is 5.72. The van der Waals surface area contributed by atoms with Crippen molar-refractivity contribution in [1.82, 2.24) is 15.2 Å². The minimum Gasteiger partial charge on any atom is -0.397 e. The lowest BCUT2D eigenvalue weighted by molar-refractivity contribution is 0.0926. The van der Waals surface area contributed by atoms with Crippen LogP contribution in [0.25, 0.3) is 0 Å². The van der Waals surface area contributed by atoms with Gasteiger partial charge in [0.2, 0.25) is 0 Å². The van der Waals surface area contributed by atoms with Crippen molar-refractivity contribution in [2.75, 3.05) is 25.4 Å². The monoisotopic (exact) mass is 296 g/mol. The molecule has 0 saturated carbocycles. The predicted molar refractivity (Wildman–Crippen MR) is 80.9 cm³/mol. The van der Waals surface area contributed by atoms with E-state index in [0.717, 1.165) is 19.6 Å². The van der Waals surface area contributed by atoms with Gasteiger partial charge in [0.25, 0.3) is 5.91 Å². The molecule has 6 heteroatoms. The maximum Gasteiger partial charge on any atom is 0.253 e. The quantitative estimate of drug-likeness (QED) is 0.833. The molecule has 1 saturated heterocycles. The number of carbonyl (C=O) groups excluding carboxylic acids is 1. The first-order valence-electron chi connectivity index (χ1n) is 7.00. The number of nitrogens with two attached hydrogens (primary N) is 1. The lowest BCUT2D eigenvalue weighted by Crippen LogP contribution is -2.43. The SMILES string of the molecule is CC(CN1CCCCC1)NC(=O)c1cc(Cl)ncc1N. The standard InChI is InChI=1S/C14H21ClN4O/c1-10(9-19-5-3-2-4-6-19)18-14(20)11-7-13(15)17-8-12(11)16/h7-8,10H,2-6,9,16H2,1H3,(H,18,20). The van der Waals surface area contributed by atoms with Gasteiger partial charge in [-0.05, 0) is 38.9 Å². The summed E-state index contributed by atoms with van der Waals surface area (Å²) in [5, 5.41) is 3.24. The van der Waals surface area contributed by atoms with Crippen molar-refractivity contribution >= 4 is 23.2 Å². The van der Waals surface area contributed by atoms with Crippen molar-refractivity contribution in [3.05, 3.63) is 23.0 Å². The molecule has 20 heavy (non-hydrogen) atoms. The summed E-state index contributed by atoms with van der Waals surface area (Å²) in [5.41, 5.74) is 6.49. The normalized spacial score (nSPS) is 17.7. The number of anilines is 1. The van der Waals surface area contributed by atoms with E-state index in [1.807, 2.05) is 6.92 Å². The van der Waals surface area contributed by atoms with E-state index in [1.165, 1.54) is 31.5 Å². The number of aromatic nitrogens is 1. The molecule has 2 heterocycles. The first kappa shape index (κ1) is 15.1. The van der Waals surface area contributed by atoms with Crippen LogP contribution in [0.2, 0.25) is 5.15 Å². The molecule has 1 aromatic heterocycles. The van der Waals surface area contributed by atoms with Gasteiger partial charge in [-0.1, -0.05) is 18.0 Å². The molecule has 0 aromatic carbocycles. The molecule has 1 aliphatic heterocycles. The summed E-state index contributed by atoms with van der Waals surface area (Å²) in [6.07, 6.45) is 5.21. The summed E-state index contributed by atoms with van der Waals surface area (Å²) in [6.45, 7) is 5.10. The Bertz CT molecular complexity index is 474. The third-order valence-electron chi connectivity index (χ3n) is 3.50. The number of nitrogens with zero attached hydrogens (tertiary/aromatic N) is 2. The average molecular weight is 297 g/mol. The number of halogens is 1. The fourth-order valence-corrected chi connectivity index (χ4v) is 2.67. The molecule has 110 valence electrons. The molecule has 1 aliphatic rings. The zero-order valence-electron chi connectivity index (χ0n) is 11.7. The van der Waals surface area contributed by atoms with E-state index < -0.39 is 0 Å². The van der Waals surface area contributed by atoms with Crippen molar-refractivity contribution in [2.24, 2.45) is 0 Å². The highest BCUT2D eigenvalue weighted by Gasteiger charge is 2.17. The number of amides is 1. The molecule has 5 nitrogen and oxygen atoms in total. The summed E-state index contributed by atoms with van der Waals surface area (Å²) < 4.78 is 0. The largest absolute Gasteiger partial charge is 0.397 e. The van der Waals surface area contributed by atoms with Gasteiger partial charge >= 0.3 is 0 Å². The van der Waals surface area contributed by atoms with E-state index in [2.05, 4.69) is 15.2 Å². The Morgan fingerprint density at radius 2 is 2.20 bits per heavy atom.